The van der Waals surface area contributed by atoms with Crippen LogP contribution in [0.2, 0.25) is 0 Å². The fourth-order valence-corrected chi connectivity index (χ4v) is 2.01. The molecule has 2 aromatic heterocycles. The Hall–Kier alpha value is -2.70. The first-order chi connectivity index (χ1) is 10.2. The van der Waals surface area contributed by atoms with Crippen molar-refractivity contribution in [1.82, 2.24) is 19.6 Å². The van der Waals surface area contributed by atoms with Gasteiger partial charge in [-0.2, -0.15) is 9.50 Å². The average molecular weight is 287 g/mol. The minimum atomic E-state index is -0.287. The smallest absolute Gasteiger partial charge is 0.274 e. The van der Waals surface area contributed by atoms with Crippen LogP contribution in [0.25, 0.3) is 5.78 Å². The van der Waals surface area contributed by atoms with Crippen LogP contribution >= 0.6 is 0 Å². The van der Waals surface area contributed by atoms with E-state index in [1.807, 2.05) is 6.92 Å². The topological polar surface area (TPSA) is 75.1 Å². The predicted molar refractivity (Wildman–Crippen MR) is 76.7 cm³/mol. The van der Waals surface area contributed by atoms with Crippen molar-refractivity contribution in [3.63, 3.8) is 0 Å². The monoisotopic (exact) mass is 287 g/mol. The number of hydrogen-bond donors (Lipinski definition) is 2. The molecular formula is C14H14FN5O. The van der Waals surface area contributed by atoms with Crippen molar-refractivity contribution in [2.75, 3.05) is 5.32 Å². The van der Waals surface area contributed by atoms with E-state index in [1.54, 1.807) is 18.2 Å². The zero-order valence-electron chi connectivity index (χ0n) is 11.4. The highest BCUT2D eigenvalue weighted by molar-refractivity contribution is 5.38. The van der Waals surface area contributed by atoms with E-state index in [2.05, 4.69) is 20.4 Å². The van der Waals surface area contributed by atoms with Crippen LogP contribution in [-0.2, 0) is 13.0 Å². The fourth-order valence-electron chi connectivity index (χ4n) is 2.01. The van der Waals surface area contributed by atoms with Gasteiger partial charge in [-0.1, -0.05) is 25.1 Å². The summed E-state index contributed by atoms with van der Waals surface area (Å²) in [4.78, 5) is 20.3. The number of aromatic amines is 1. The van der Waals surface area contributed by atoms with Crippen LogP contribution in [0, 0.1) is 5.82 Å². The van der Waals surface area contributed by atoms with Gasteiger partial charge in [0.2, 0.25) is 5.95 Å². The van der Waals surface area contributed by atoms with E-state index in [0.29, 0.717) is 29.4 Å². The van der Waals surface area contributed by atoms with Gasteiger partial charge in [-0.15, -0.1) is 0 Å². The van der Waals surface area contributed by atoms with Crippen molar-refractivity contribution in [1.29, 1.82) is 0 Å². The number of nitrogens with one attached hydrogen (secondary N) is 2. The summed E-state index contributed by atoms with van der Waals surface area (Å²) in [5.41, 5.74) is 0.989. The Morgan fingerprint density at radius 2 is 2.14 bits per heavy atom. The molecule has 0 saturated carbocycles. The summed E-state index contributed by atoms with van der Waals surface area (Å²) in [5, 5.41) is 5.75. The van der Waals surface area contributed by atoms with Crippen LogP contribution in [0.1, 0.15) is 18.2 Å². The van der Waals surface area contributed by atoms with Crippen molar-refractivity contribution in [3.05, 3.63) is 57.8 Å². The number of aryl methyl sites for hydroxylation is 1. The number of rotatable bonds is 4. The molecule has 108 valence electrons. The third-order valence-electron chi connectivity index (χ3n) is 3.15. The van der Waals surface area contributed by atoms with Gasteiger partial charge in [-0.25, -0.2) is 9.37 Å². The molecule has 0 aliphatic heterocycles. The molecule has 1 aromatic carbocycles. The summed E-state index contributed by atoms with van der Waals surface area (Å²) in [7, 11) is 0. The van der Waals surface area contributed by atoms with E-state index >= 15 is 0 Å². The fraction of sp³-hybridized carbons (Fsp3) is 0.214. The lowest BCUT2D eigenvalue weighted by atomic mass is 10.2. The van der Waals surface area contributed by atoms with Gasteiger partial charge < -0.3 is 5.32 Å². The van der Waals surface area contributed by atoms with Crippen molar-refractivity contribution >= 4 is 11.7 Å². The maximum absolute atomic E-state index is 13.5. The van der Waals surface area contributed by atoms with Crippen molar-refractivity contribution in [2.24, 2.45) is 0 Å². The minimum absolute atomic E-state index is 0.219. The number of halogens is 1. The summed E-state index contributed by atoms with van der Waals surface area (Å²) >= 11 is 0. The molecule has 6 nitrogen and oxygen atoms in total. The van der Waals surface area contributed by atoms with Gasteiger partial charge in [0.1, 0.15) is 5.82 Å². The lowest BCUT2D eigenvalue weighted by molar-refractivity contribution is 0.612. The summed E-state index contributed by atoms with van der Waals surface area (Å²) in [6.07, 6.45) is 0.663. The molecule has 2 heterocycles. The van der Waals surface area contributed by atoms with Crippen molar-refractivity contribution in [3.8, 4) is 0 Å². The Bertz CT molecular complexity index is 839. The third-order valence-corrected chi connectivity index (χ3v) is 3.15. The minimum Gasteiger partial charge on any atom is -0.350 e. The quantitative estimate of drug-likeness (QED) is 0.766. The third kappa shape index (κ3) is 2.62. The number of anilines is 1. The number of nitrogens with zero attached hydrogens (tertiary/aromatic N) is 3. The molecule has 2 N–H and O–H groups in total. The summed E-state index contributed by atoms with van der Waals surface area (Å²) in [6.45, 7) is 2.18. The summed E-state index contributed by atoms with van der Waals surface area (Å²) in [5.74, 6) is 0.385. The molecule has 0 bridgehead atoms. The highest BCUT2D eigenvalue weighted by Crippen LogP contribution is 2.09. The zero-order chi connectivity index (χ0) is 14.8. The van der Waals surface area contributed by atoms with Crippen LogP contribution in [0.4, 0.5) is 10.3 Å². The second kappa shape index (κ2) is 5.35. The van der Waals surface area contributed by atoms with Crippen molar-refractivity contribution in [2.45, 2.75) is 19.9 Å². The van der Waals surface area contributed by atoms with Crippen LogP contribution in [0.15, 0.2) is 35.1 Å². The summed E-state index contributed by atoms with van der Waals surface area (Å²) < 4.78 is 14.8. The predicted octanol–water partition coefficient (Wildman–Crippen LogP) is 1.73. The van der Waals surface area contributed by atoms with Gasteiger partial charge >= 0.3 is 0 Å². The maximum Gasteiger partial charge on any atom is 0.274 e. The van der Waals surface area contributed by atoms with E-state index in [9.17, 15) is 9.18 Å². The molecule has 0 aliphatic carbocycles. The molecule has 7 heteroatoms. The Balaban J connectivity index is 1.87. The van der Waals surface area contributed by atoms with E-state index in [4.69, 9.17) is 0 Å². The van der Waals surface area contributed by atoms with Gasteiger partial charge in [0.25, 0.3) is 11.3 Å². The van der Waals surface area contributed by atoms with Crippen LogP contribution in [0.3, 0.4) is 0 Å². The molecule has 3 rings (SSSR count). The Morgan fingerprint density at radius 3 is 2.90 bits per heavy atom. The first kappa shape index (κ1) is 13.3. The standard InChI is InChI=1S/C14H14FN5O/c1-2-10-7-12(21)20-14(17-10)18-13(19-20)16-8-9-5-3-4-6-11(9)15/h3-7H,2,8H2,1H3,(H2,16,17,18,19). The SMILES string of the molecule is CCc1cc(=O)n2[nH]c(NCc3ccccc3F)nc2n1. The Labute approximate surface area is 119 Å². The Kier molecular flexibility index (Phi) is 3.39. The largest absolute Gasteiger partial charge is 0.350 e. The molecule has 3 aromatic rings. The molecule has 0 amide bonds. The summed E-state index contributed by atoms with van der Waals surface area (Å²) in [6, 6.07) is 7.94. The number of hydrogen-bond acceptors (Lipinski definition) is 4. The first-order valence-corrected chi connectivity index (χ1v) is 6.63. The molecule has 0 fully saturated rings. The van der Waals surface area contributed by atoms with E-state index in [0.717, 1.165) is 0 Å². The number of H-pyrrole nitrogens is 1. The van der Waals surface area contributed by atoms with Crippen molar-refractivity contribution < 1.29 is 4.39 Å². The molecule has 0 spiro atoms. The van der Waals surface area contributed by atoms with Gasteiger partial charge in [0.15, 0.2) is 0 Å². The van der Waals surface area contributed by atoms with Gasteiger partial charge in [0.05, 0.1) is 0 Å². The van der Waals surface area contributed by atoms with Gasteiger partial charge in [0, 0.05) is 23.9 Å². The molecule has 0 radical (unpaired) electrons. The van der Waals surface area contributed by atoms with Crippen LogP contribution in [0.5, 0.6) is 0 Å². The number of benzene rings is 1. The lowest BCUT2D eigenvalue weighted by Crippen LogP contribution is -2.15. The maximum atomic E-state index is 13.5. The molecular weight excluding hydrogens is 273 g/mol. The first-order valence-electron chi connectivity index (χ1n) is 6.63. The molecule has 0 unspecified atom stereocenters. The highest BCUT2D eigenvalue weighted by Gasteiger charge is 2.08. The van der Waals surface area contributed by atoms with Gasteiger partial charge in [-0.3, -0.25) is 9.89 Å². The normalized spacial score (nSPS) is 11.0. The van der Waals surface area contributed by atoms with Gasteiger partial charge in [-0.05, 0) is 12.5 Å². The second-order valence-corrected chi connectivity index (χ2v) is 4.59. The number of aromatic nitrogens is 4. The van der Waals surface area contributed by atoms with Crippen LogP contribution < -0.4 is 10.9 Å². The molecule has 21 heavy (non-hydrogen) atoms. The zero-order valence-corrected chi connectivity index (χ0v) is 11.4. The molecule has 0 atom stereocenters. The second-order valence-electron chi connectivity index (χ2n) is 4.59. The van der Waals surface area contributed by atoms with Crippen LogP contribution in [-0.4, -0.2) is 19.6 Å². The van der Waals surface area contributed by atoms with E-state index in [-0.39, 0.29) is 17.9 Å². The lowest BCUT2D eigenvalue weighted by Gasteiger charge is -2.03. The molecule has 0 saturated heterocycles. The number of fused-ring (bicyclic) bond motifs is 1. The Morgan fingerprint density at radius 1 is 1.33 bits per heavy atom. The molecule has 0 aliphatic rings. The van der Waals surface area contributed by atoms with E-state index < -0.39 is 0 Å². The highest BCUT2D eigenvalue weighted by atomic mass is 19.1. The average Bonchev–Trinajstić information content (AvgIpc) is 2.90. The van der Waals surface area contributed by atoms with E-state index in [1.165, 1.54) is 16.6 Å².